The molecule has 1 saturated carbocycles. The fraction of sp³-hybridized carbons (Fsp3) is 0.250. The van der Waals surface area contributed by atoms with Crippen molar-refractivity contribution in [1.82, 2.24) is 4.98 Å². The van der Waals surface area contributed by atoms with Crippen molar-refractivity contribution in [2.45, 2.75) is 25.7 Å². The van der Waals surface area contributed by atoms with Gasteiger partial charge in [-0.05, 0) is 77.7 Å². The van der Waals surface area contributed by atoms with Gasteiger partial charge in [-0.25, -0.2) is 0 Å². The maximum absolute atomic E-state index is 4.53. The number of nitrogens with one attached hydrogen (secondary N) is 1. The molecule has 2 nitrogen and oxygen atoms in total. The zero-order valence-corrected chi connectivity index (χ0v) is 15.5. The smallest absolute Gasteiger partial charge is 0.0443 e. The summed E-state index contributed by atoms with van der Waals surface area (Å²) >= 11 is 3.44. The lowest BCUT2D eigenvalue weighted by molar-refractivity contribution is 1.02. The largest absolute Gasteiger partial charge is 0.330 e. The van der Waals surface area contributed by atoms with E-state index in [0.29, 0.717) is 5.92 Å². The molecule has 0 radical (unpaired) electrons. The first-order valence-electron chi connectivity index (χ1n) is 8.19. The highest BCUT2D eigenvalue weighted by Gasteiger charge is 2.25. The topological polar surface area (TPSA) is 24.9 Å². The van der Waals surface area contributed by atoms with Crippen molar-refractivity contribution in [2.75, 3.05) is 11.0 Å². The van der Waals surface area contributed by atoms with Crippen LogP contribution in [0, 0.1) is 6.92 Å². The highest BCUT2D eigenvalue weighted by Crippen LogP contribution is 2.41. The van der Waals surface area contributed by atoms with Crippen LogP contribution in [-0.2, 0) is 0 Å². The molecule has 122 valence electrons. The molecule has 3 aromatic rings. The Morgan fingerprint density at radius 3 is 2.75 bits per heavy atom. The Morgan fingerprint density at radius 1 is 1.12 bits per heavy atom. The molecule has 1 aliphatic rings. The molecule has 4 rings (SSSR count). The molecule has 0 saturated heterocycles. The van der Waals surface area contributed by atoms with Crippen molar-refractivity contribution in [3.05, 3.63) is 59.2 Å². The first kappa shape index (κ1) is 15.7. The van der Waals surface area contributed by atoms with Crippen LogP contribution in [0.15, 0.2) is 48.0 Å². The van der Waals surface area contributed by atoms with E-state index in [4.69, 9.17) is 0 Å². The van der Waals surface area contributed by atoms with Gasteiger partial charge in [-0.1, -0.05) is 18.0 Å². The van der Waals surface area contributed by atoms with Gasteiger partial charge in [0, 0.05) is 34.6 Å². The van der Waals surface area contributed by atoms with Gasteiger partial charge in [0.05, 0.1) is 0 Å². The number of nitrogens with zero attached hydrogens (tertiary/aromatic N) is 1. The van der Waals surface area contributed by atoms with Crippen molar-refractivity contribution in [2.24, 2.45) is 0 Å². The summed E-state index contributed by atoms with van der Waals surface area (Å²) in [6.07, 6.45) is 6.58. The Labute approximate surface area is 151 Å². The van der Waals surface area contributed by atoms with Gasteiger partial charge in [-0.3, -0.25) is 4.98 Å². The minimum Gasteiger partial charge on any atom is -0.330 e. The predicted molar refractivity (Wildman–Crippen MR) is 107 cm³/mol. The Kier molecular flexibility index (Phi) is 4.33. The van der Waals surface area contributed by atoms with Gasteiger partial charge < -0.3 is 4.72 Å². The molecular weight excluding hydrogens is 332 g/mol. The van der Waals surface area contributed by atoms with E-state index in [0.717, 1.165) is 5.69 Å². The lowest BCUT2D eigenvalue weighted by Gasteiger charge is -2.07. The van der Waals surface area contributed by atoms with Crippen LogP contribution < -0.4 is 4.72 Å². The predicted octanol–water partition coefficient (Wildman–Crippen LogP) is 6.35. The summed E-state index contributed by atoms with van der Waals surface area (Å²) in [5.74, 6) is 0.696. The van der Waals surface area contributed by atoms with Crippen molar-refractivity contribution < 1.29 is 0 Å². The van der Waals surface area contributed by atoms with E-state index in [9.17, 15) is 0 Å². The molecule has 2 aromatic heterocycles. The minimum absolute atomic E-state index is 0.696. The van der Waals surface area contributed by atoms with Gasteiger partial charge in [0.15, 0.2) is 0 Å². The third-order valence-corrected chi connectivity index (χ3v) is 5.82. The summed E-state index contributed by atoms with van der Waals surface area (Å²) in [6, 6.07) is 13.3. The second kappa shape index (κ2) is 6.61. The maximum Gasteiger partial charge on any atom is 0.0443 e. The lowest BCUT2D eigenvalue weighted by Crippen LogP contribution is -1.87. The summed E-state index contributed by atoms with van der Waals surface area (Å²) in [6.45, 7) is 2.18. The van der Waals surface area contributed by atoms with E-state index < -0.39 is 0 Å². The Morgan fingerprint density at radius 2 is 2.00 bits per heavy atom. The Balaban J connectivity index is 1.64. The van der Waals surface area contributed by atoms with Gasteiger partial charge in [-0.15, -0.1) is 11.3 Å². The van der Waals surface area contributed by atoms with Crippen LogP contribution in [0.2, 0.25) is 0 Å². The van der Waals surface area contributed by atoms with Gasteiger partial charge >= 0.3 is 0 Å². The fourth-order valence-corrected chi connectivity index (χ4v) is 4.35. The lowest BCUT2D eigenvalue weighted by atomic mass is 10.0. The van der Waals surface area contributed by atoms with Crippen molar-refractivity contribution in [3.8, 4) is 21.6 Å². The minimum atomic E-state index is 0.696. The third-order valence-electron chi connectivity index (χ3n) is 4.42. The average molecular weight is 353 g/mol. The number of aryl methyl sites for hydroxylation is 1. The molecule has 0 bridgehead atoms. The Bertz CT molecular complexity index is 866. The number of rotatable bonds is 5. The van der Waals surface area contributed by atoms with Crippen LogP contribution >= 0.6 is 23.3 Å². The van der Waals surface area contributed by atoms with E-state index in [1.165, 1.54) is 45.7 Å². The van der Waals surface area contributed by atoms with E-state index in [2.05, 4.69) is 58.4 Å². The molecule has 1 fully saturated rings. The number of hydrogen-bond acceptors (Lipinski definition) is 4. The van der Waals surface area contributed by atoms with E-state index in [1.807, 2.05) is 23.8 Å². The first-order valence-corrected chi connectivity index (χ1v) is 10.3. The molecule has 0 aliphatic heterocycles. The van der Waals surface area contributed by atoms with Crippen LogP contribution in [0.4, 0.5) is 5.69 Å². The van der Waals surface area contributed by atoms with E-state index in [-0.39, 0.29) is 0 Å². The van der Waals surface area contributed by atoms with Crippen LogP contribution in [0.25, 0.3) is 21.6 Å². The average Bonchev–Trinajstić information content (AvgIpc) is 3.33. The SMILES string of the molecule is CSNc1ccc(-c2cc(-c3ccnc(C4CC4)c3)cs2)c(C)c1. The van der Waals surface area contributed by atoms with Crippen LogP contribution in [0.1, 0.15) is 30.0 Å². The molecule has 4 heteroatoms. The molecule has 0 atom stereocenters. The monoisotopic (exact) mass is 352 g/mol. The number of anilines is 1. The van der Waals surface area contributed by atoms with Crippen LogP contribution in [0.5, 0.6) is 0 Å². The highest BCUT2D eigenvalue weighted by atomic mass is 32.2. The molecule has 0 unspecified atom stereocenters. The number of thiophene rings is 1. The number of pyridine rings is 1. The van der Waals surface area contributed by atoms with Crippen LogP contribution in [-0.4, -0.2) is 11.2 Å². The zero-order valence-electron chi connectivity index (χ0n) is 13.9. The quantitative estimate of drug-likeness (QED) is 0.541. The fourth-order valence-electron chi connectivity index (χ4n) is 2.98. The summed E-state index contributed by atoms with van der Waals surface area (Å²) in [5, 5.41) is 2.26. The standard InChI is InChI=1S/C20H20N2S2/c1-13-9-17(22-23-2)5-6-18(13)20-11-16(12-24-20)15-7-8-21-19(10-15)14-3-4-14/h5-12,14,22H,3-4H2,1-2H3. The number of benzene rings is 1. The molecule has 1 aromatic carbocycles. The van der Waals surface area contributed by atoms with Gasteiger partial charge in [0.2, 0.25) is 0 Å². The van der Waals surface area contributed by atoms with Gasteiger partial charge in [-0.2, -0.15) is 0 Å². The molecule has 0 amide bonds. The van der Waals surface area contributed by atoms with Crippen molar-refractivity contribution >= 4 is 29.0 Å². The molecule has 24 heavy (non-hydrogen) atoms. The molecule has 1 aliphatic carbocycles. The maximum atomic E-state index is 4.53. The molecular formula is C20H20N2S2. The number of aromatic nitrogens is 1. The second-order valence-electron chi connectivity index (χ2n) is 6.28. The van der Waals surface area contributed by atoms with Crippen molar-refractivity contribution in [3.63, 3.8) is 0 Å². The third kappa shape index (κ3) is 3.21. The van der Waals surface area contributed by atoms with Gasteiger partial charge in [0.25, 0.3) is 0 Å². The van der Waals surface area contributed by atoms with E-state index in [1.54, 1.807) is 11.9 Å². The van der Waals surface area contributed by atoms with Crippen molar-refractivity contribution in [1.29, 1.82) is 0 Å². The summed E-state index contributed by atoms with van der Waals surface area (Å²) in [4.78, 5) is 5.85. The summed E-state index contributed by atoms with van der Waals surface area (Å²) < 4.78 is 3.29. The molecule has 0 spiro atoms. The molecule has 1 N–H and O–H groups in total. The number of hydrogen-bond donors (Lipinski definition) is 1. The second-order valence-corrected chi connectivity index (χ2v) is 7.80. The first-order chi connectivity index (χ1) is 11.7. The van der Waals surface area contributed by atoms with Crippen LogP contribution in [0.3, 0.4) is 0 Å². The van der Waals surface area contributed by atoms with E-state index >= 15 is 0 Å². The summed E-state index contributed by atoms with van der Waals surface area (Å²) in [7, 11) is 0. The van der Waals surface area contributed by atoms with Gasteiger partial charge in [0.1, 0.15) is 0 Å². The normalized spacial score (nSPS) is 13.9. The Hall–Kier alpha value is -1.78. The molecule has 2 heterocycles. The zero-order chi connectivity index (χ0) is 16.5. The summed E-state index contributed by atoms with van der Waals surface area (Å²) in [5.41, 5.74) is 7.61. The highest BCUT2D eigenvalue weighted by molar-refractivity contribution is 7.99.